The van der Waals surface area contributed by atoms with Gasteiger partial charge in [-0.1, -0.05) is 140 Å². The lowest BCUT2D eigenvalue weighted by Gasteiger charge is -2.28. The Morgan fingerprint density at radius 3 is 1.94 bits per heavy atom. The Morgan fingerprint density at radius 2 is 1.28 bits per heavy atom. The van der Waals surface area contributed by atoms with Gasteiger partial charge in [0.15, 0.2) is 6.10 Å². The van der Waals surface area contributed by atoms with E-state index in [-0.39, 0.29) is 26.1 Å². The Morgan fingerprint density at radius 1 is 0.698 bits per heavy atom. The van der Waals surface area contributed by atoms with E-state index in [1.807, 2.05) is 39.4 Å². The van der Waals surface area contributed by atoms with Crippen LogP contribution in [-0.4, -0.2) is 81.2 Å². The zero-order valence-corrected chi connectivity index (χ0v) is 35.0. The lowest BCUT2D eigenvalue weighted by Crippen LogP contribution is -2.37. The number of hydrogen-bond acceptors (Lipinski definition) is 9. The van der Waals surface area contributed by atoms with E-state index in [1.54, 1.807) is 12.2 Å². The zero-order chi connectivity index (χ0) is 39.5. The van der Waals surface area contributed by atoms with Gasteiger partial charge in [-0.15, -0.1) is 0 Å². The van der Waals surface area contributed by atoms with Crippen LogP contribution in [-0.2, 0) is 32.7 Å². The molecule has 53 heavy (non-hydrogen) atoms. The van der Waals surface area contributed by atoms with Crippen LogP contribution in [0.2, 0.25) is 0 Å². The number of phosphoric ester groups is 1. The van der Waals surface area contributed by atoms with Crippen LogP contribution in [0, 0.1) is 0 Å². The third kappa shape index (κ3) is 38.0. The maximum Gasteiger partial charge on any atom is 0.306 e. The molecule has 0 aromatic carbocycles. The molecule has 0 aromatic rings. The van der Waals surface area contributed by atoms with Crippen LogP contribution in [0.25, 0.3) is 0 Å². The predicted octanol–water partition coefficient (Wildman–Crippen LogP) is 9.47. The summed E-state index contributed by atoms with van der Waals surface area (Å²) < 4.78 is 33.7. The van der Waals surface area contributed by atoms with Gasteiger partial charge in [-0.25, -0.2) is 0 Å². The fourth-order valence-electron chi connectivity index (χ4n) is 5.14. The number of nitrogens with zero attached hydrogens (tertiary/aromatic N) is 1. The SMILES string of the molecule is CCCCC/C=C\C/C=C\CC(O)/C=C\C=C\CCCC(=O)OC[C@H](COP(=O)([O-])OCC[N+](C)(C)C)OC(=O)CCCCCCCCCCCCC. The maximum absolute atomic E-state index is 12.6. The number of likely N-dealkylation sites (N-methyl/N-ethyl adjacent to an activating group) is 1. The van der Waals surface area contributed by atoms with E-state index in [9.17, 15) is 24.2 Å². The fraction of sp³-hybridized carbons (Fsp3) is 0.762. The minimum atomic E-state index is -4.65. The normalized spacial score (nSPS) is 14.8. The zero-order valence-electron chi connectivity index (χ0n) is 34.1. The van der Waals surface area contributed by atoms with Crippen LogP contribution in [0.1, 0.15) is 149 Å². The molecule has 0 aliphatic heterocycles. The van der Waals surface area contributed by atoms with Gasteiger partial charge in [0.1, 0.15) is 19.8 Å². The Hall–Kier alpha value is -2.07. The fourth-order valence-corrected chi connectivity index (χ4v) is 5.87. The molecule has 0 saturated carbocycles. The van der Waals surface area contributed by atoms with Crippen LogP contribution in [0.4, 0.5) is 0 Å². The highest BCUT2D eigenvalue weighted by Crippen LogP contribution is 2.38. The topological polar surface area (TPSA) is 131 Å². The van der Waals surface area contributed by atoms with E-state index >= 15 is 0 Å². The molecule has 308 valence electrons. The predicted molar refractivity (Wildman–Crippen MR) is 214 cm³/mol. The van der Waals surface area contributed by atoms with Gasteiger partial charge in [0, 0.05) is 12.8 Å². The number of aliphatic hydroxyl groups excluding tert-OH is 1. The molecule has 2 unspecified atom stereocenters. The molecule has 0 aliphatic carbocycles. The third-order valence-electron chi connectivity index (χ3n) is 8.43. The highest BCUT2D eigenvalue weighted by Gasteiger charge is 2.21. The van der Waals surface area contributed by atoms with Gasteiger partial charge >= 0.3 is 11.9 Å². The summed E-state index contributed by atoms with van der Waals surface area (Å²) in [4.78, 5) is 37.4. The number of carbonyl (C=O) groups is 2. The van der Waals surface area contributed by atoms with Crippen molar-refractivity contribution in [3.63, 3.8) is 0 Å². The Bertz CT molecular complexity index is 1070. The van der Waals surface area contributed by atoms with Gasteiger partial charge in [-0.2, -0.15) is 0 Å². The number of rotatable bonds is 36. The molecule has 1 N–H and O–H groups in total. The van der Waals surface area contributed by atoms with Gasteiger partial charge < -0.3 is 33.0 Å². The summed E-state index contributed by atoms with van der Waals surface area (Å²) in [6.45, 7) is 4.00. The highest BCUT2D eigenvalue weighted by molar-refractivity contribution is 7.45. The maximum atomic E-state index is 12.6. The number of allylic oxidation sites excluding steroid dienone is 6. The molecule has 0 fully saturated rings. The Balaban J connectivity index is 4.58. The number of phosphoric acid groups is 1. The van der Waals surface area contributed by atoms with Gasteiger partial charge in [0.2, 0.25) is 0 Å². The van der Waals surface area contributed by atoms with Crippen molar-refractivity contribution in [1.29, 1.82) is 0 Å². The average molecular weight is 770 g/mol. The number of aliphatic hydroxyl groups is 1. The molecule has 0 radical (unpaired) electrons. The van der Waals surface area contributed by atoms with E-state index in [4.69, 9.17) is 18.5 Å². The Labute approximate surface area is 323 Å². The van der Waals surface area contributed by atoms with E-state index in [0.717, 1.165) is 32.1 Å². The van der Waals surface area contributed by atoms with E-state index < -0.39 is 38.6 Å². The summed E-state index contributed by atoms with van der Waals surface area (Å²) in [5, 5.41) is 10.1. The lowest BCUT2D eigenvalue weighted by molar-refractivity contribution is -0.870. The van der Waals surface area contributed by atoms with Crippen molar-refractivity contribution in [3.05, 3.63) is 48.6 Å². The molecular formula is C42H76NO9P. The third-order valence-corrected chi connectivity index (χ3v) is 9.40. The highest BCUT2D eigenvalue weighted by atomic mass is 31.2. The largest absolute Gasteiger partial charge is 0.756 e. The van der Waals surface area contributed by atoms with Crippen LogP contribution in [0.15, 0.2) is 48.6 Å². The van der Waals surface area contributed by atoms with Crippen LogP contribution in [0.5, 0.6) is 0 Å². The van der Waals surface area contributed by atoms with Gasteiger partial charge in [0.05, 0.1) is 33.9 Å². The molecule has 3 atom stereocenters. The van der Waals surface area contributed by atoms with Crippen molar-refractivity contribution in [2.75, 3.05) is 47.5 Å². The van der Waals surface area contributed by atoms with E-state index in [0.29, 0.717) is 36.7 Å². The Kier molecular flexibility index (Phi) is 33.1. The van der Waals surface area contributed by atoms with Gasteiger partial charge in [-0.3, -0.25) is 14.2 Å². The molecule has 0 spiro atoms. The van der Waals surface area contributed by atoms with E-state index in [1.165, 1.54) is 64.2 Å². The van der Waals surface area contributed by atoms with Gasteiger partial charge in [-0.05, 0) is 44.9 Å². The average Bonchev–Trinajstić information content (AvgIpc) is 3.10. The molecule has 0 heterocycles. The van der Waals surface area contributed by atoms with Crippen molar-refractivity contribution < 1.29 is 47.2 Å². The molecule has 10 nitrogen and oxygen atoms in total. The summed E-state index contributed by atoms with van der Waals surface area (Å²) in [6.07, 6.45) is 34.6. The monoisotopic (exact) mass is 770 g/mol. The first kappa shape index (κ1) is 50.9. The van der Waals surface area contributed by atoms with Crippen molar-refractivity contribution >= 4 is 19.8 Å². The molecular weight excluding hydrogens is 693 g/mol. The molecule has 0 amide bonds. The summed E-state index contributed by atoms with van der Waals surface area (Å²) >= 11 is 0. The second-order valence-electron chi connectivity index (χ2n) is 14.9. The van der Waals surface area contributed by atoms with Crippen LogP contribution >= 0.6 is 7.82 Å². The summed E-state index contributed by atoms with van der Waals surface area (Å²) in [7, 11) is 1.09. The second kappa shape index (κ2) is 34.4. The number of esters is 2. The minimum Gasteiger partial charge on any atom is -0.756 e. The second-order valence-corrected chi connectivity index (χ2v) is 16.3. The summed E-state index contributed by atoms with van der Waals surface area (Å²) in [6, 6.07) is 0. The van der Waals surface area contributed by atoms with Crippen molar-refractivity contribution in [2.24, 2.45) is 0 Å². The van der Waals surface area contributed by atoms with Crippen molar-refractivity contribution in [1.82, 2.24) is 0 Å². The number of carbonyl (C=O) groups excluding carboxylic acids is 2. The molecule has 0 rings (SSSR count). The van der Waals surface area contributed by atoms with Crippen LogP contribution in [0.3, 0.4) is 0 Å². The number of unbranched alkanes of at least 4 members (excludes halogenated alkanes) is 14. The van der Waals surface area contributed by atoms with Gasteiger partial charge in [0.25, 0.3) is 7.82 Å². The molecule has 0 aliphatic rings. The number of hydrogen-bond donors (Lipinski definition) is 1. The molecule has 11 heteroatoms. The van der Waals surface area contributed by atoms with Crippen molar-refractivity contribution in [3.8, 4) is 0 Å². The molecule has 0 saturated heterocycles. The summed E-state index contributed by atoms with van der Waals surface area (Å²) in [5.41, 5.74) is 0. The quantitative estimate of drug-likeness (QED) is 0.0165. The van der Waals surface area contributed by atoms with E-state index in [2.05, 4.69) is 32.1 Å². The number of quaternary nitrogens is 1. The van der Waals surface area contributed by atoms with Crippen molar-refractivity contribution in [2.45, 2.75) is 161 Å². The minimum absolute atomic E-state index is 0.0535. The number of ether oxygens (including phenoxy) is 2. The smallest absolute Gasteiger partial charge is 0.306 e. The first-order valence-corrected chi connectivity index (χ1v) is 21.9. The molecule has 0 bridgehead atoms. The first-order valence-electron chi connectivity index (χ1n) is 20.5. The van der Waals surface area contributed by atoms with Crippen LogP contribution < -0.4 is 4.89 Å². The standard InChI is InChI=1S/C42H76NO9P/c1-6-8-10-12-14-16-17-19-21-25-30-34-42(46)52-40(38-51-53(47,48)50-36-35-43(3,4)5)37-49-41(45)33-29-26-22-24-28-32-39(44)31-27-23-20-18-15-13-11-9-7-2/h15,18,22-24,27-28,32,39-40,44H,6-14,16-17,19-21,25-26,29-31,33-38H2,1-5H3/b18-15-,24-22+,27-23-,32-28-/t39?,40-/m1/s1. The summed E-state index contributed by atoms with van der Waals surface area (Å²) in [5.74, 6) is -0.968. The first-order chi connectivity index (χ1) is 25.4. The lowest BCUT2D eigenvalue weighted by atomic mass is 10.1. The molecule has 0 aromatic heterocycles.